The number of nitrogens with one attached hydrogen (secondary N) is 1. The number of halogens is 2. The Bertz CT molecular complexity index is 1160. The predicted octanol–water partition coefficient (Wildman–Crippen LogP) is 4.42. The molecule has 0 saturated heterocycles. The van der Waals surface area contributed by atoms with Gasteiger partial charge < -0.3 is 14.8 Å². The van der Waals surface area contributed by atoms with Gasteiger partial charge in [-0.3, -0.25) is 0 Å². The van der Waals surface area contributed by atoms with E-state index in [9.17, 15) is 8.78 Å². The molecule has 1 aliphatic rings. The zero-order chi connectivity index (χ0) is 23.4. The molecule has 1 N–H and O–H groups in total. The highest BCUT2D eigenvalue weighted by molar-refractivity contribution is 5.45. The van der Waals surface area contributed by atoms with Crippen molar-refractivity contribution in [3.63, 3.8) is 0 Å². The van der Waals surface area contributed by atoms with E-state index >= 15 is 0 Å². The van der Waals surface area contributed by atoms with Crippen LogP contribution in [0, 0.1) is 18.3 Å². The van der Waals surface area contributed by atoms with E-state index in [4.69, 9.17) is 14.7 Å². The maximum absolute atomic E-state index is 13.5. The highest BCUT2D eigenvalue weighted by atomic mass is 19.3. The van der Waals surface area contributed by atoms with Crippen LogP contribution in [-0.4, -0.2) is 38.8 Å². The summed E-state index contributed by atoms with van der Waals surface area (Å²) in [5, 5.41) is 16.8. The summed E-state index contributed by atoms with van der Waals surface area (Å²) in [4.78, 5) is 8.79. The first-order valence-corrected chi connectivity index (χ1v) is 10.6. The molecule has 0 unspecified atom stereocenters. The van der Waals surface area contributed by atoms with Gasteiger partial charge in [0, 0.05) is 37.3 Å². The second-order valence-corrected chi connectivity index (χ2v) is 8.03. The van der Waals surface area contributed by atoms with Crippen molar-refractivity contribution in [3.05, 3.63) is 53.5 Å². The van der Waals surface area contributed by atoms with E-state index in [2.05, 4.69) is 20.4 Å². The number of nitrogens with zero attached hydrogens (tertiary/aromatic N) is 5. The predicted molar refractivity (Wildman–Crippen MR) is 117 cm³/mol. The molecule has 0 atom stereocenters. The van der Waals surface area contributed by atoms with Gasteiger partial charge in [0.25, 0.3) is 5.88 Å². The van der Waals surface area contributed by atoms with Crippen LogP contribution in [0.25, 0.3) is 5.82 Å². The first-order chi connectivity index (χ1) is 15.8. The Morgan fingerprint density at radius 3 is 2.73 bits per heavy atom. The fraction of sp³-hybridized carbons (Fsp3) is 0.391. The number of aromatic nitrogens is 4. The van der Waals surface area contributed by atoms with E-state index in [1.165, 1.54) is 13.3 Å². The van der Waals surface area contributed by atoms with Crippen LogP contribution in [0.4, 0.5) is 14.6 Å². The molecular formula is C23H24F2N6O2. The van der Waals surface area contributed by atoms with Crippen molar-refractivity contribution in [2.45, 2.75) is 51.2 Å². The van der Waals surface area contributed by atoms with Gasteiger partial charge in [0.15, 0.2) is 11.6 Å². The zero-order valence-electron chi connectivity index (χ0n) is 18.4. The molecule has 3 aromatic heterocycles. The van der Waals surface area contributed by atoms with Gasteiger partial charge in [-0.1, -0.05) is 0 Å². The summed E-state index contributed by atoms with van der Waals surface area (Å²) in [5.74, 6) is -0.838. The van der Waals surface area contributed by atoms with E-state index in [1.807, 2.05) is 31.2 Å². The number of hydrogen-bond acceptors (Lipinski definition) is 7. The number of rotatable bonds is 7. The summed E-state index contributed by atoms with van der Waals surface area (Å²) in [6, 6.07) is 9.01. The number of hydrogen-bond donors (Lipinski definition) is 1. The monoisotopic (exact) mass is 454 g/mol. The topological polar surface area (TPSA) is 97.9 Å². The molecule has 0 aliphatic heterocycles. The average Bonchev–Trinajstić information content (AvgIpc) is 3.25. The third-order valence-corrected chi connectivity index (χ3v) is 5.44. The van der Waals surface area contributed by atoms with Crippen LogP contribution in [0.1, 0.15) is 42.5 Å². The van der Waals surface area contributed by atoms with Crippen molar-refractivity contribution in [2.75, 3.05) is 12.4 Å². The summed E-state index contributed by atoms with van der Waals surface area (Å²) in [7, 11) is 1.48. The molecule has 0 spiro atoms. The van der Waals surface area contributed by atoms with Gasteiger partial charge in [-0.05, 0) is 43.5 Å². The number of anilines is 1. The summed E-state index contributed by atoms with van der Waals surface area (Å²) >= 11 is 0. The maximum atomic E-state index is 13.5. The van der Waals surface area contributed by atoms with Gasteiger partial charge in [0.05, 0.1) is 18.4 Å². The van der Waals surface area contributed by atoms with Gasteiger partial charge >= 0.3 is 0 Å². The van der Waals surface area contributed by atoms with E-state index in [0.29, 0.717) is 35.8 Å². The number of methoxy groups -OCH3 is 1. The molecule has 10 heteroatoms. The van der Waals surface area contributed by atoms with Crippen LogP contribution in [0.15, 0.2) is 36.7 Å². The first kappa shape index (κ1) is 22.5. The highest BCUT2D eigenvalue weighted by Gasteiger charge is 2.35. The van der Waals surface area contributed by atoms with E-state index in [0.717, 1.165) is 11.3 Å². The molecule has 8 nitrogen and oxygen atoms in total. The second kappa shape index (κ2) is 9.40. The summed E-state index contributed by atoms with van der Waals surface area (Å²) in [6.07, 6.45) is 3.69. The fourth-order valence-electron chi connectivity index (χ4n) is 3.68. The molecule has 1 aliphatic carbocycles. The minimum Gasteiger partial charge on any atom is -0.491 e. The molecule has 3 heterocycles. The van der Waals surface area contributed by atoms with Crippen molar-refractivity contribution in [2.24, 2.45) is 0 Å². The zero-order valence-corrected chi connectivity index (χ0v) is 18.4. The smallest absolute Gasteiger partial charge is 0.257 e. The Balaban J connectivity index is 1.56. The second-order valence-electron chi connectivity index (χ2n) is 8.03. The van der Waals surface area contributed by atoms with Crippen LogP contribution >= 0.6 is 0 Å². The van der Waals surface area contributed by atoms with Crippen LogP contribution < -0.4 is 14.8 Å². The quantitative estimate of drug-likeness (QED) is 0.564. The van der Waals surface area contributed by atoms with E-state index in [1.54, 1.807) is 16.9 Å². The molecule has 0 radical (unpaired) electrons. The molecule has 33 heavy (non-hydrogen) atoms. The van der Waals surface area contributed by atoms with Gasteiger partial charge in [-0.2, -0.15) is 10.4 Å². The lowest BCUT2D eigenvalue weighted by molar-refractivity contribution is -0.0361. The molecule has 0 bridgehead atoms. The average molecular weight is 454 g/mol. The van der Waals surface area contributed by atoms with Gasteiger partial charge in [-0.15, -0.1) is 0 Å². The third-order valence-electron chi connectivity index (χ3n) is 5.44. The number of alkyl halides is 2. The molecule has 172 valence electrons. The van der Waals surface area contributed by atoms with Gasteiger partial charge in [0.2, 0.25) is 5.92 Å². The van der Waals surface area contributed by atoms with Crippen molar-refractivity contribution >= 4 is 5.82 Å². The third kappa shape index (κ3) is 5.55. The summed E-state index contributed by atoms with van der Waals surface area (Å²) in [5.41, 5.74) is 1.99. The van der Waals surface area contributed by atoms with Crippen LogP contribution in [-0.2, 0) is 6.61 Å². The van der Waals surface area contributed by atoms with Crippen molar-refractivity contribution in [1.82, 2.24) is 19.7 Å². The van der Waals surface area contributed by atoms with E-state index in [-0.39, 0.29) is 31.4 Å². The number of pyridine rings is 2. The summed E-state index contributed by atoms with van der Waals surface area (Å²) in [6.45, 7) is 2.04. The van der Waals surface area contributed by atoms with Crippen molar-refractivity contribution in [1.29, 1.82) is 5.26 Å². The Morgan fingerprint density at radius 1 is 1.27 bits per heavy atom. The summed E-state index contributed by atoms with van der Waals surface area (Å²) < 4.78 is 39.8. The molecule has 1 saturated carbocycles. The minimum atomic E-state index is -2.59. The standard InChI is InChI=1S/C23H24F2N6O2/c1-15-5-8-31(30-15)21-11-16(14-33-22-19(32-2)9-17(12-26)13-27-22)10-20(29-21)28-18-3-6-23(24,25)7-4-18/h5,8-11,13,18H,3-4,6-7,14H2,1-2H3,(H,28,29). The number of aryl methyl sites for hydroxylation is 1. The molecule has 1 fully saturated rings. The van der Waals surface area contributed by atoms with Crippen LogP contribution in [0.5, 0.6) is 11.6 Å². The van der Waals surface area contributed by atoms with E-state index < -0.39 is 5.92 Å². The SMILES string of the molecule is COc1cc(C#N)cnc1OCc1cc(NC2CCC(F)(F)CC2)nc(-n2ccc(C)n2)c1. The van der Waals surface area contributed by atoms with Gasteiger partial charge in [0.1, 0.15) is 18.5 Å². The maximum Gasteiger partial charge on any atom is 0.257 e. The normalized spacial score (nSPS) is 15.6. The lowest BCUT2D eigenvalue weighted by atomic mass is 9.92. The Hall–Kier alpha value is -3.74. The Labute approximate surface area is 190 Å². The molecule has 0 aromatic carbocycles. The van der Waals surface area contributed by atoms with Gasteiger partial charge in [-0.25, -0.2) is 23.4 Å². The highest BCUT2D eigenvalue weighted by Crippen LogP contribution is 2.34. The Morgan fingerprint density at radius 2 is 2.06 bits per heavy atom. The fourth-order valence-corrected chi connectivity index (χ4v) is 3.68. The Kier molecular flexibility index (Phi) is 6.40. The molecular weight excluding hydrogens is 430 g/mol. The van der Waals surface area contributed by atoms with Crippen molar-refractivity contribution < 1.29 is 18.3 Å². The molecule has 0 amide bonds. The number of ether oxygens (including phenoxy) is 2. The number of nitriles is 1. The van der Waals surface area contributed by atoms with Crippen LogP contribution in [0.2, 0.25) is 0 Å². The minimum absolute atomic E-state index is 0.0826. The first-order valence-electron chi connectivity index (χ1n) is 10.6. The molecule has 4 rings (SSSR count). The lowest BCUT2D eigenvalue weighted by Gasteiger charge is -2.29. The van der Waals surface area contributed by atoms with Crippen molar-refractivity contribution in [3.8, 4) is 23.5 Å². The largest absolute Gasteiger partial charge is 0.491 e. The lowest BCUT2D eigenvalue weighted by Crippen LogP contribution is -2.32. The molecule has 3 aromatic rings. The van der Waals surface area contributed by atoms with Crippen LogP contribution in [0.3, 0.4) is 0 Å².